The van der Waals surface area contributed by atoms with Gasteiger partial charge in [-0.1, -0.05) is 0 Å². The molecule has 0 saturated carbocycles. The van der Waals surface area contributed by atoms with Crippen LogP contribution in [0.2, 0.25) is 0 Å². The summed E-state index contributed by atoms with van der Waals surface area (Å²) in [5.41, 5.74) is 0.688. The molecule has 4 nitrogen and oxygen atoms in total. The molecule has 18 heavy (non-hydrogen) atoms. The maximum absolute atomic E-state index is 10.5. The van der Waals surface area contributed by atoms with E-state index in [1.54, 1.807) is 13.2 Å². The van der Waals surface area contributed by atoms with E-state index in [1.165, 1.54) is 6.08 Å². The minimum Gasteiger partial charge on any atom is -0.492 e. The van der Waals surface area contributed by atoms with Gasteiger partial charge in [0.05, 0.1) is 18.2 Å². The summed E-state index contributed by atoms with van der Waals surface area (Å²) in [7, 11) is 1.54. The van der Waals surface area contributed by atoms with Gasteiger partial charge < -0.3 is 14.6 Å². The number of aliphatic carboxylic acids is 1. The number of carboxylic acid groups (broad SMARTS) is 1. The quantitative estimate of drug-likeness (QED) is 0.792. The normalized spacial score (nSPS) is 10.7. The fraction of sp³-hybridized carbons (Fsp3) is 0.250. The van der Waals surface area contributed by atoms with Crippen LogP contribution in [0.4, 0.5) is 0 Å². The van der Waals surface area contributed by atoms with Gasteiger partial charge in [-0.3, -0.25) is 0 Å². The lowest BCUT2D eigenvalue weighted by Gasteiger charge is -2.14. The molecule has 0 unspecified atom stereocenters. The molecule has 0 fully saturated rings. The summed E-state index contributed by atoms with van der Waals surface area (Å²) in [5, 5.41) is 8.64. The molecule has 6 heteroatoms. The van der Waals surface area contributed by atoms with E-state index in [0.717, 1.165) is 6.08 Å². The van der Waals surface area contributed by atoms with E-state index >= 15 is 0 Å². The number of hydrogen-bond acceptors (Lipinski definition) is 3. The summed E-state index contributed by atoms with van der Waals surface area (Å²) in [4.78, 5) is 10.5. The van der Waals surface area contributed by atoms with Gasteiger partial charge in [0.15, 0.2) is 11.5 Å². The van der Waals surface area contributed by atoms with Crippen molar-refractivity contribution in [3.63, 3.8) is 0 Å². The average Bonchev–Trinajstić information content (AvgIpc) is 2.32. The first-order chi connectivity index (χ1) is 8.51. The van der Waals surface area contributed by atoms with Gasteiger partial charge in [-0.25, -0.2) is 4.79 Å². The van der Waals surface area contributed by atoms with Gasteiger partial charge in [-0.05, 0) is 56.5 Å². The maximum Gasteiger partial charge on any atom is 0.328 e. The Balaban J connectivity index is 3.32. The van der Waals surface area contributed by atoms with Crippen molar-refractivity contribution >= 4 is 43.9 Å². The minimum atomic E-state index is -1.01. The molecule has 0 bridgehead atoms. The first kappa shape index (κ1) is 15.0. The van der Waals surface area contributed by atoms with E-state index in [1.807, 2.05) is 6.92 Å². The Bertz CT molecular complexity index is 483. The largest absolute Gasteiger partial charge is 0.492 e. The highest BCUT2D eigenvalue weighted by Gasteiger charge is 2.15. The first-order valence-corrected chi connectivity index (χ1v) is 6.69. The lowest BCUT2D eigenvalue weighted by atomic mass is 10.2. The number of hydrogen-bond donors (Lipinski definition) is 1. The molecule has 0 heterocycles. The lowest BCUT2D eigenvalue weighted by Crippen LogP contribution is -1.98. The third kappa shape index (κ3) is 3.49. The highest BCUT2D eigenvalue weighted by atomic mass is 79.9. The minimum absolute atomic E-state index is 0.493. The Morgan fingerprint density at radius 2 is 2.11 bits per heavy atom. The van der Waals surface area contributed by atoms with Gasteiger partial charge in [0.1, 0.15) is 0 Å². The van der Waals surface area contributed by atoms with Crippen molar-refractivity contribution < 1.29 is 19.4 Å². The highest BCUT2D eigenvalue weighted by molar-refractivity contribution is 9.13. The Morgan fingerprint density at radius 1 is 1.44 bits per heavy atom. The van der Waals surface area contributed by atoms with Crippen molar-refractivity contribution in [2.45, 2.75) is 6.92 Å². The van der Waals surface area contributed by atoms with Gasteiger partial charge in [-0.15, -0.1) is 0 Å². The average molecular weight is 380 g/mol. The SMILES string of the molecule is CCOc1cc(C=CC(=O)O)c(Br)c(Br)c1OC. The maximum atomic E-state index is 10.5. The zero-order valence-corrected chi connectivity index (χ0v) is 13.0. The second kappa shape index (κ2) is 6.80. The summed E-state index contributed by atoms with van der Waals surface area (Å²) in [6.45, 7) is 2.36. The van der Waals surface area contributed by atoms with Crippen LogP contribution >= 0.6 is 31.9 Å². The zero-order valence-electron chi connectivity index (χ0n) is 9.87. The van der Waals surface area contributed by atoms with Crippen LogP contribution in [-0.4, -0.2) is 24.8 Å². The third-order valence-electron chi connectivity index (χ3n) is 2.07. The second-order valence-corrected chi connectivity index (χ2v) is 4.82. The Morgan fingerprint density at radius 3 is 2.61 bits per heavy atom. The van der Waals surface area contributed by atoms with Crippen molar-refractivity contribution in [3.8, 4) is 11.5 Å². The monoisotopic (exact) mass is 378 g/mol. The molecule has 1 aromatic carbocycles. The summed E-state index contributed by atoms with van der Waals surface area (Å²) in [5.74, 6) is 0.114. The molecule has 1 N–H and O–H groups in total. The number of carboxylic acids is 1. The fourth-order valence-corrected chi connectivity index (χ4v) is 2.35. The van der Waals surface area contributed by atoms with Crippen LogP contribution in [-0.2, 0) is 4.79 Å². The van der Waals surface area contributed by atoms with E-state index in [-0.39, 0.29) is 0 Å². The Kier molecular flexibility index (Phi) is 5.68. The Hall–Kier alpha value is -1.01. The molecule has 0 aliphatic rings. The summed E-state index contributed by atoms with van der Waals surface area (Å²) in [6.07, 6.45) is 2.55. The van der Waals surface area contributed by atoms with E-state index in [0.29, 0.717) is 32.6 Å². The predicted octanol–water partition coefficient (Wildman–Crippen LogP) is 3.72. The molecule has 1 aromatic rings. The van der Waals surface area contributed by atoms with Gasteiger partial charge in [0.2, 0.25) is 0 Å². The molecular formula is C12H12Br2O4. The zero-order chi connectivity index (χ0) is 13.7. The molecule has 1 rings (SSSR count). The predicted molar refractivity (Wildman–Crippen MR) is 76.2 cm³/mol. The van der Waals surface area contributed by atoms with Crippen molar-refractivity contribution in [1.82, 2.24) is 0 Å². The van der Waals surface area contributed by atoms with Crippen LogP contribution in [0.5, 0.6) is 11.5 Å². The fourth-order valence-electron chi connectivity index (χ4n) is 1.34. The molecule has 0 amide bonds. The van der Waals surface area contributed by atoms with Gasteiger partial charge >= 0.3 is 5.97 Å². The molecule has 0 atom stereocenters. The van der Waals surface area contributed by atoms with Crippen LogP contribution < -0.4 is 9.47 Å². The van der Waals surface area contributed by atoms with Crippen LogP contribution in [0, 0.1) is 0 Å². The molecule has 0 spiro atoms. The van der Waals surface area contributed by atoms with E-state index < -0.39 is 5.97 Å². The topological polar surface area (TPSA) is 55.8 Å². The third-order valence-corrected chi connectivity index (χ3v) is 4.21. The van der Waals surface area contributed by atoms with Gasteiger partial charge in [0.25, 0.3) is 0 Å². The van der Waals surface area contributed by atoms with Crippen molar-refractivity contribution in [2.75, 3.05) is 13.7 Å². The lowest BCUT2D eigenvalue weighted by molar-refractivity contribution is -0.131. The van der Waals surface area contributed by atoms with Crippen LogP contribution in [0.3, 0.4) is 0 Å². The highest BCUT2D eigenvalue weighted by Crippen LogP contribution is 2.43. The van der Waals surface area contributed by atoms with Crippen molar-refractivity contribution in [2.24, 2.45) is 0 Å². The summed E-state index contributed by atoms with van der Waals surface area (Å²) in [6, 6.07) is 1.72. The summed E-state index contributed by atoms with van der Waals surface area (Å²) >= 11 is 6.77. The van der Waals surface area contributed by atoms with Crippen LogP contribution in [0.15, 0.2) is 21.1 Å². The van der Waals surface area contributed by atoms with Crippen molar-refractivity contribution in [1.29, 1.82) is 0 Å². The Labute approximate surface area is 122 Å². The van der Waals surface area contributed by atoms with E-state index in [2.05, 4.69) is 31.9 Å². The van der Waals surface area contributed by atoms with Gasteiger partial charge in [0, 0.05) is 10.5 Å². The number of ether oxygens (including phenoxy) is 2. The summed E-state index contributed by atoms with van der Waals surface area (Å²) < 4.78 is 12.1. The second-order valence-electron chi connectivity index (χ2n) is 3.23. The molecule has 0 radical (unpaired) electrons. The van der Waals surface area contributed by atoms with E-state index in [9.17, 15) is 4.79 Å². The molecule has 98 valence electrons. The first-order valence-electron chi connectivity index (χ1n) is 5.11. The van der Waals surface area contributed by atoms with Gasteiger partial charge in [-0.2, -0.15) is 0 Å². The number of benzene rings is 1. The number of methoxy groups -OCH3 is 1. The van der Waals surface area contributed by atoms with Crippen LogP contribution in [0.1, 0.15) is 12.5 Å². The molecule has 0 aliphatic heterocycles. The number of rotatable bonds is 5. The smallest absolute Gasteiger partial charge is 0.328 e. The standard InChI is InChI=1S/C12H12Br2O4/c1-3-18-8-6-7(4-5-9(15)16)10(13)11(14)12(8)17-2/h4-6H,3H2,1-2H3,(H,15,16). The number of carbonyl (C=O) groups is 1. The molecule has 0 saturated heterocycles. The van der Waals surface area contributed by atoms with E-state index in [4.69, 9.17) is 14.6 Å². The molecule has 0 aliphatic carbocycles. The molecular weight excluding hydrogens is 368 g/mol. The molecule has 0 aromatic heterocycles. The number of halogens is 2. The van der Waals surface area contributed by atoms with Crippen LogP contribution in [0.25, 0.3) is 6.08 Å². The van der Waals surface area contributed by atoms with Crippen molar-refractivity contribution in [3.05, 3.63) is 26.7 Å².